The number of hydrogen-bond acceptors (Lipinski definition) is 2. The van der Waals surface area contributed by atoms with Crippen molar-refractivity contribution in [3.63, 3.8) is 0 Å². The summed E-state index contributed by atoms with van der Waals surface area (Å²) in [6.07, 6.45) is 0.689. The van der Waals surface area contributed by atoms with Gasteiger partial charge in [-0.25, -0.2) is 9.37 Å². The molecule has 110 valence electrons. The first-order valence-electron chi connectivity index (χ1n) is 6.50. The van der Waals surface area contributed by atoms with Crippen LogP contribution in [0.25, 0.3) is 11.0 Å². The number of halogens is 3. The van der Waals surface area contributed by atoms with Crippen LogP contribution in [0.1, 0.15) is 12.7 Å². The van der Waals surface area contributed by atoms with E-state index in [-0.39, 0.29) is 5.82 Å². The van der Waals surface area contributed by atoms with Crippen molar-refractivity contribution in [3.8, 4) is 0 Å². The van der Waals surface area contributed by atoms with Crippen molar-refractivity contribution in [2.75, 3.05) is 20.0 Å². The molecule has 1 atom stereocenters. The van der Waals surface area contributed by atoms with Gasteiger partial charge in [0.05, 0.1) is 14.6 Å². The van der Waals surface area contributed by atoms with Gasteiger partial charge in [0.15, 0.2) is 0 Å². The van der Waals surface area contributed by atoms with Crippen molar-refractivity contribution in [2.24, 2.45) is 0 Å². The number of aromatic nitrogens is 2. The smallest absolute Gasteiger partial charge is 0.138 e. The molecule has 1 aromatic heterocycles. The number of benzene rings is 1. The van der Waals surface area contributed by atoms with Gasteiger partial charge in [-0.05, 0) is 49.7 Å². The summed E-state index contributed by atoms with van der Waals surface area (Å²) < 4.78 is 16.5. The summed E-state index contributed by atoms with van der Waals surface area (Å²) in [4.78, 5) is 6.74. The molecular weight excluding hydrogens is 392 g/mol. The fourth-order valence-corrected chi connectivity index (χ4v) is 2.70. The van der Waals surface area contributed by atoms with Crippen LogP contribution >= 0.6 is 34.2 Å². The largest absolute Gasteiger partial charge is 0.326 e. The zero-order valence-corrected chi connectivity index (χ0v) is 14.7. The molecule has 0 N–H and O–H groups in total. The molecule has 0 aliphatic heterocycles. The first kappa shape index (κ1) is 16.0. The van der Waals surface area contributed by atoms with Crippen molar-refractivity contribution >= 4 is 45.2 Å². The van der Waals surface area contributed by atoms with Crippen LogP contribution in [0, 0.1) is 9.39 Å². The second kappa shape index (κ2) is 6.58. The molecule has 0 saturated heterocycles. The molecule has 0 aliphatic carbocycles. The van der Waals surface area contributed by atoms with Gasteiger partial charge in [0.2, 0.25) is 0 Å². The Hall–Kier alpha value is -0.400. The second-order valence-corrected chi connectivity index (χ2v) is 6.69. The molecule has 0 aliphatic rings. The van der Waals surface area contributed by atoms with Gasteiger partial charge in [0.25, 0.3) is 0 Å². The standard InChI is InChI=1S/C14H18ClFIN3/c1-9(19(2)3)8-20-13-6-10(16)11(17)7-12(13)18-14(20)4-5-15/h6-7,9H,4-5,8H2,1-3H3. The first-order valence-corrected chi connectivity index (χ1v) is 8.12. The van der Waals surface area contributed by atoms with E-state index in [0.717, 1.165) is 23.4 Å². The van der Waals surface area contributed by atoms with Crippen molar-refractivity contribution in [1.82, 2.24) is 14.5 Å². The molecule has 1 heterocycles. The van der Waals surface area contributed by atoms with Gasteiger partial charge in [-0.1, -0.05) is 0 Å². The lowest BCUT2D eigenvalue weighted by Crippen LogP contribution is -2.29. The van der Waals surface area contributed by atoms with Crippen LogP contribution in [0.3, 0.4) is 0 Å². The molecule has 0 saturated carbocycles. The Bertz CT molecular complexity index is 612. The van der Waals surface area contributed by atoms with Crippen molar-refractivity contribution in [3.05, 3.63) is 27.3 Å². The summed E-state index contributed by atoms with van der Waals surface area (Å²) in [6.45, 7) is 2.91. The molecule has 0 spiro atoms. The summed E-state index contributed by atoms with van der Waals surface area (Å²) in [5.41, 5.74) is 1.68. The Morgan fingerprint density at radius 1 is 1.45 bits per heavy atom. The lowest BCUT2D eigenvalue weighted by molar-refractivity contribution is 0.284. The summed E-state index contributed by atoms with van der Waals surface area (Å²) in [6, 6.07) is 3.70. The maximum absolute atomic E-state index is 13.8. The maximum atomic E-state index is 13.8. The van der Waals surface area contributed by atoms with E-state index in [9.17, 15) is 4.39 Å². The third kappa shape index (κ3) is 3.26. The number of alkyl halides is 1. The van der Waals surface area contributed by atoms with Crippen molar-refractivity contribution in [2.45, 2.75) is 25.9 Å². The summed E-state index contributed by atoms with van der Waals surface area (Å²) >= 11 is 7.85. The minimum Gasteiger partial charge on any atom is -0.326 e. The molecule has 20 heavy (non-hydrogen) atoms. The average molecular weight is 410 g/mol. The maximum Gasteiger partial charge on any atom is 0.138 e. The quantitative estimate of drug-likeness (QED) is 0.557. The molecule has 2 aromatic rings. The predicted molar refractivity (Wildman–Crippen MR) is 90.0 cm³/mol. The fourth-order valence-electron chi connectivity index (χ4n) is 2.08. The number of fused-ring (bicyclic) bond motifs is 1. The van der Waals surface area contributed by atoms with Crippen LogP contribution in [-0.4, -0.2) is 40.5 Å². The van der Waals surface area contributed by atoms with Gasteiger partial charge in [-0.3, -0.25) is 0 Å². The van der Waals surface area contributed by atoms with Crippen molar-refractivity contribution in [1.29, 1.82) is 0 Å². The number of hydrogen-bond donors (Lipinski definition) is 0. The van der Waals surface area contributed by atoms with Crippen LogP contribution in [0.4, 0.5) is 4.39 Å². The Morgan fingerprint density at radius 2 is 2.15 bits per heavy atom. The second-order valence-electron chi connectivity index (χ2n) is 5.15. The zero-order valence-electron chi connectivity index (χ0n) is 11.8. The van der Waals surface area contributed by atoms with Gasteiger partial charge in [-0.15, -0.1) is 11.6 Å². The zero-order chi connectivity index (χ0) is 14.9. The number of nitrogens with zero attached hydrogens (tertiary/aromatic N) is 3. The van der Waals surface area contributed by atoms with E-state index >= 15 is 0 Å². The highest BCUT2D eigenvalue weighted by Crippen LogP contribution is 2.23. The summed E-state index contributed by atoms with van der Waals surface area (Å²) in [5.74, 6) is 1.23. The first-order chi connectivity index (χ1) is 9.43. The van der Waals surface area contributed by atoms with Gasteiger partial charge in [-0.2, -0.15) is 0 Å². The number of aryl methyl sites for hydroxylation is 1. The average Bonchev–Trinajstić information content (AvgIpc) is 2.68. The van der Waals surface area contributed by atoms with E-state index in [2.05, 4.69) is 21.4 Å². The molecule has 1 unspecified atom stereocenters. The number of likely N-dealkylation sites (N-methyl/N-ethyl adjacent to an activating group) is 1. The van der Waals surface area contributed by atoms with Crippen LogP contribution in [0.2, 0.25) is 0 Å². The lowest BCUT2D eigenvalue weighted by Gasteiger charge is -2.21. The molecule has 0 fully saturated rings. The molecule has 1 aromatic carbocycles. The number of rotatable bonds is 5. The fraction of sp³-hybridized carbons (Fsp3) is 0.500. The Labute approximate surface area is 137 Å². The molecule has 0 radical (unpaired) electrons. The van der Waals surface area contributed by atoms with Crippen LogP contribution in [0.15, 0.2) is 12.1 Å². The lowest BCUT2D eigenvalue weighted by atomic mass is 10.2. The van der Waals surface area contributed by atoms with Gasteiger partial charge in [0, 0.05) is 31.0 Å². The Morgan fingerprint density at radius 3 is 2.75 bits per heavy atom. The van der Waals surface area contributed by atoms with Crippen molar-refractivity contribution < 1.29 is 4.39 Å². The minimum atomic E-state index is -0.200. The van der Waals surface area contributed by atoms with Crippen LogP contribution in [0.5, 0.6) is 0 Å². The van der Waals surface area contributed by atoms with Crippen LogP contribution < -0.4 is 0 Å². The third-order valence-corrected chi connectivity index (χ3v) is 4.53. The van der Waals surface area contributed by atoms with Gasteiger partial charge in [0.1, 0.15) is 11.6 Å². The SMILES string of the molecule is CC(Cn1c(CCCl)nc2cc(I)c(F)cc21)N(C)C. The number of imidazole rings is 1. The monoisotopic (exact) mass is 409 g/mol. The van der Waals surface area contributed by atoms with E-state index in [1.165, 1.54) is 0 Å². The highest BCUT2D eigenvalue weighted by Gasteiger charge is 2.16. The minimum absolute atomic E-state index is 0.200. The third-order valence-electron chi connectivity index (χ3n) is 3.52. The van der Waals surface area contributed by atoms with E-state index in [1.807, 2.05) is 36.7 Å². The Kier molecular flexibility index (Phi) is 5.25. The molecular formula is C14H18ClFIN3. The highest BCUT2D eigenvalue weighted by molar-refractivity contribution is 14.1. The summed E-state index contributed by atoms with van der Waals surface area (Å²) in [5, 5.41) is 0. The van der Waals surface area contributed by atoms with Gasteiger partial charge >= 0.3 is 0 Å². The highest BCUT2D eigenvalue weighted by atomic mass is 127. The molecule has 3 nitrogen and oxygen atoms in total. The topological polar surface area (TPSA) is 21.1 Å². The van der Waals surface area contributed by atoms with E-state index in [4.69, 9.17) is 11.6 Å². The van der Waals surface area contributed by atoms with E-state index in [0.29, 0.717) is 21.9 Å². The van der Waals surface area contributed by atoms with E-state index in [1.54, 1.807) is 12.1 Å². The molecule has 0 amide bonds. The molecule has 6 heteroatoms. The summed E-state index contributed by atoms with van der Waals surface area (Å²) in [7, 11) is 4.07. The van der Waals surface area contributed by atoms with E-state index < -0.39 is 0 Å². The molecule has 0 bridgehead atoms. The normalized spacial score (nSPS) is 13.3. The Balaban J connectivity index is 2.52. The van der Waals surface area contributed by atoms with Crippen LogP contribution in [-0.2, 0) is 13.0 Å². The molecule has 2 rings (SSSR count). The van der Waals surface area contributed by atoms with Gasteiger partial charge < -0.3 is 9.47 Å². The predicted octanol–water partition coefficient (Wildman–Crippen LogP) is 3.51.